The van der Waals surface area contributed by atoms with Crippen LogP contribution in [0.4, 0.5) is 0 Å². The summed E-state index contributed by atoms with van der Waals surface area (Å²) < 4.78 is 0. The topological polar surface area (TPSA) is 6.48 Å². The molecule has 0 amide bonds. The lowest BCUT2D eigenvalue weighted by Gasteiger charge is -2.40. The fourth-order valence-corrected chi connectivity index (χ4v) is 3.49. The fourth-order valence-electron chi connectivity index (χ4n) is 3.49. The highest BCUT2D eigenvalue weighted by atomic mass is 15.2. The summed E-state index contributed by atoms with van der Waals surface area (Å²) in [7, 11) is 2.28. The largest absolute Gasteiger partial charge is 0.306 e. The van der Waals surface area contributed by atoms with Crippen LogP contribution in [0.1, 0.15) is 32.1 Å². The zero-order chi connectivity index (χ0) is 9.60. The van der Waals surface area contributed by atoms with Crippen molar-refractivity contribution in [3.63, 3.8) is 0 Å². The molecule has 1 saturated carbocycles. The average Bonchev–Trinajstić information content (AvgIpc) is 2.95. The van der Waals surface area contributed by atoms with Gasteiger partial charge < -0.3 is 4.90 Å². The lowest BCUT2D eigenvalue weighted by Crippen LogP contribution is -2.45. The van der Waals surface area contributed by atoms with E-state index < -0.39 is 0 Å². The molecule has 1 aliphatic carbocycles. The van der Waals surface area contributed by atoms with Crippen LogP contribution in [0.2, 0.25) is 0 Å². The Morgan fingerprint density at radius 3 is 2.57 bits per heavy atom. The summed E-state index contributed by atoms with van der Waals surface area (Å²) in [5.41, 5.74) is 0.690. The van der Waals surface area contributed by atoms with Crippen LogP contribution < -0.4 is 0 Å². The lowest BCUT2D eigenvalue weighted by atomic mass is 9.79. The first-order valence-electron chi connectivity index (χ1n) is 6.20. The van der Waals surface area contributed by atoms with Crippen LogP contribution in [0.15, 0.2) is 0 Å². The van der Waals surface area contributed by atoms with Crippen molar-refractivity contribution in [2.45, 2.75) is 38.1 Å². The van der Waals surface area contributed by atoms with E-state index in [4.69, 9.17) is 0 Å². The second kappa shape index (κ2) is 3.21. The standard InChI is InChI=1S/C12H22N2/c1-13-8-6-12(9-13)5-2-7-14(10-12)11-3-4-11/h11H,2-10H2,1H3. The summed E-state index contributed by atoms with van der Waals surface area (Å²) in [4.78, 5) is 5.30. The summed E-state index contributed by atoms with van der Waals surface area (Å²) in [6, 6.07) is 0.984. The van der Waals surface area contributed by atoms with Gasteiger partial charge in [0, 0.05) is 19.1 Å². The summed E-state index contributed by atoms with van der Waals surface area (Å²) in [5.74, 6) is 0. The molecule has 1 atom stereocenters. The first-order chi connectivity index (χ1) is 6.77. The van der Waals surface area contributed by atoms with Crippen molar-refractivity contribution >= 4 is 0 Å². The maximum Gasteiger partial charge on any atom is 0.00966 e. The normalized spacial score (nSPS) is 40.9. The molecule has 14 heavy (non-hydrogen) atoms. The Bertz CT molecular complexity index is 220. The zero-order valence-electron chi connectivity index (χ0n) is 9.34. The SMILES string of the molecule is CN1CCC2(CCCN(C3CC3)C2)C1. The minimum absolute atomic E-state index is 0.690. The van der Waals surface area contributed by atoms with Crippen molar-refractivity contribution in [3.05, 3.63) is 0 Å². The van der Waals surface area contributed by atoms with Crippen LogP contribution >= 0.6 is 0 Å². The Hall–Kier alpha value is -0.0800. The van der Waals surface area contributed by atoms with Gasteiger partial charge in [0.1, 0.15) is 0 Å². The lowest BCUT2D eigenvalue weighted by molar-refractivity contribution is 0.0895. The molecule has 0 N–H and O–H groups in total. The van der Waals surface area contributed by atoms with E-state index >= 15 is 0 Å². The molecule has 2 heteroatoms. The predicted molar refractivity (Wildman–Crippen MR) is 58.4 cm³/mol. The van der Waals surface area contributed by atoms with E-state index in [0.29, 0.717) is 5.41 Å². The maximum absolute atomic E-state index is 2.78. The van der Waals surface area contributed by atoms with Gasteiger partial charge in [-0.3, -0.25) is 4.90 Å². The summed E-state index contributed by atoms with van der Waals surface area (Å²) in [6.07, 6.45) is 7.34. The number of hydrogen-bond acceptors (Lipinski definition) is 2. The quantitative estimate of drug-likeness (QED) is 0.625. The van der Waals surface area contributed by atoms with E-state index in [0.717, 1.165) is 6.04 Å². The molecular weight excluding hydrogens is 172 g/mol. The van der Waals surface area contributed by atoms with Gasteiger partial charge in [-0.1, -0.05) is 0 Å². The Kier molecular flexibility index (Phi) is 2.10. The molecule has 0 radical (unpaired) electrons. The first kappa shape index (κ1) is 9.17. The van der Waals surface area contributed by atoms with Crippen molar-refractivity contribution in [2.75, 3.05) is 33.2 Å². The zero-order valence-corrected chi connectivity index (χ0v) is 9.34. The van der Waals surface area contributed by atoms with Crippen LogP contribution in [-0.4, -0.2) is 49.1 Å². The number of piperidine rings is 1. The van der Waals surface area contributed by atoms with E-state index in [2.05, 4.69) is 16.8 Å². The molecule has 0 aromatic carbocycles. The molecule has 2 aliphatic heterocycles. The smallest absolute Gasteiger partial charge is 0.00966 e. The number of hydrogen-bond donors (Lipinski definition) is 0. The highest BCUT2D eigenvalue weighted by molar-refractivity contribution is 4.97. The second-order valence-corrected chi connectivity index (χ2v) is 5.79. The molecule has 2 saturated heterocycles. The molecule has 3 aliphatic rings. The molecule has 1 unspecified atom stereocenters. The van der Waals surface area contributed by atoms with Gasteiger partial charge in [-0.2, -0.15) is 0 Å². The van der Waals surface area contributed by atoms with Gasteiger partial charge in [0.2, 0.25) is 0 Å². The van der Waals surface area contributed by atoms with Crippen molar-refractivity contribution in [1.29, 1.82) is 0 Å². The molecule has 0 aromatic rings. The minimum Gasteiger partial charge on any atom is -0.306 e. The number of nitrogens with zero attached hydrogens (tertiary/aromatic N) is 2. The van der Waals surface area contributed by atoms with Crippen LogP contribution in [0.3, 0.4) is 0 Å². The molecule has 2 nitrogen and oxygen atoms in total. The third-order valence-corrected chi connectivity index (χ3v) is 4.38. The molecule has 1 spiro atoms. The summed E-state index contributed by atoms with van der Waals surface area (Å²) in [5, 5.41) is 0. The van der Waals surface area contributed by atoms with Gasteiger partial charge in [-0.25, -0.2) is 0 Å². The van der Waals surface area contributed by atoms with Crippen LogP contribution in [0, 0.1) is 5.41 Å². The predicted octanol–water partition coefficient (Wildman–Crippen LogP) is 1.57. The maximum atomic E-state index is 2.78. The van der Waals surface area contributed by atoms with Gasteiger partial charge in [-0.05, 0) is 57.7 Å². The van der Waals surface area contributed by atoms with E-state index in [9.17, 15) is 0 Å². The highest BCUT2D eigenvalue weighted by Crippen LogP contribution is 2.41. The number of likely N-dealkylation sites (tertiary alicyclic amines) is 2. The van der Waals surface area contributed by atoms with Crippen molar-refractivity contribution < 1.29 is 0 Å². The van der Waals surface area contributed by atoms with Gasteiger partial charge in [0.15, 0.2) is 0 Å². The van der Waals surface area contributed by atoms with Gasteiger partial charge >= 0.3 is 0 Å². The Morgan fingerprint density at radius 2 is 1.93 bits per heavy atom. The highest BCUT2D eigenvalue weighted by Gasteiger charge is 2.43. The summed E-state index contributed by atoms with van der Waals surface area (Å²) in [6.45, 7) is 5.48. The van der Waals surface area contributed by atoms with Crippen molar-refractivity contribution in [3.8, 4) is 0 Å². The Balaban J connectivity index is 1.67. The molecule has 3 fully saturated rings. The first-order valence-corrected chi connectivity index (χ1v) is 6.20. The monoisotopic (exact) mass is 194 g/mol. The van der Waals surface area contributed by atoms with E-state index in [1.807, 2.05) is 0 Å². The Labute approximate surface area is 87.3 Å². The van der Waals surface area contributed by atoms with Crippen LogP contribution in [0.5, 0.6) is 0 Å². The minimum atomic E-state index is 0.690. The molecule has 0 aromatic heterocycles. The van der Waals surface area contributed by atoms with Crippen molar-refractivity contribution in [2.24, 2.45) is 5.41 Å². The van der Waals surface area contributed by atoms with Gasteiger partial charge in [0.25, 0.3) is 0 Å². The second-order valence-electron chi connectivity index (χ2n) is 5.79. The molecule has 0 bridgehead atoms. The third kappa shape index (κ3) is 1.59. The van der Waals surface area contributed by atoms with Gasteiger partial charge in [-0.15, -0.1) is 0 Å². The van der Waals surface area contributed by atoms with Crippen LogP contribution in [0.25, 0.3) is 0 Å². The molecule has 2 heterocycles. The molecule has 80 valence electrons. The molecule has 3 rings (SSSR count). The van der Waals surface area contributed by atoms with Crippen molar-refractivity contribution in [1.82, 2.24) is 9.80 Å². The van der Waals surface area contributed by atoms with E-state index in [1.165, 1.54) is 58.3 Å². The average molecular weight is 194 g/mol. The third-order valence-electron chi connectivity index (χ3n) is 4.38. The van der Waals surface area contributed by atoms with E-state index in [1.54, 1.807) is 0 Å². The Morgan fingerprint density at radius 1 is 1.07 bits per heavy atom. The van der Waals surface area contributed by atoms with E-state index in [-0.39, 0.29) is 0 Å². The molecular formula is C12H22N2. The fraction of sp³-hybridized carbons (Fsp3) is 1.00. The van der Waals surface area contributed by atoms with Crippen LogP contribution in [-0.2, 0) is 0 Å². The summed E-state index contributed by atoms with van der Waals surface area (Å²) >= 11 is 0. The van der Waals surface area contributed by atoms with Gasteiger partial charge in [0.05, 0.1) is 0 Å². The number of rotatable bonds is 1.